The summed E-state index contributed by atoms with van der Waals surface area (Å²) in [5.41, 5.74) is 5.90. The van der Waals surface area contributed by atoms with Gasteiger partial charge in [0, 0.05) is 22.1 Å². The minimum absolute atomic E-state index is 0.0134. The van der Waals surface area contributed by atoms with Crippen LogP contribution >= 0.6 is 11.6 Å². The Morgan fingerprint density at radius 1 is 1.21 bits per heavy atom. The molecule has 0 spiro atoms. The number of amides is 2. The first-order valence-corrected chi connectivity index (χ1v) is 13.7. The van der Waals surface area contributed by atoms with Crippen LogP contribution < -0.4 is 20.5 Å². The highest BCUT2D eigenvalue weighted by Gasteiger charge is 2.45. The molecule has 2 amide bonds. The van der Waals surface area contributed by atoms with Crippen molar-refractivity contribution in [3.05, 3.63) is 81.9 Å². The highest BCUT2D eigenvalue weighted by molar-refractivity contribution is 6.31. The molecule has 4 aromatic rings. The maximum atomic E-state index is 13.7. The largest absolute Gasteiger partial charge is 0.494 e. The number of pyridine rings is 2. The number of hydrogen-bond donors (Lipinski definition) is 3. The first kappa shape index (κ1) is 29.2. The highest BCUT2D eigenvalue weighted by Crippen LogP contribution is 2.45. The van der Waals surface area contributed by atoms with Gasteiger partial charge in [-0.3, -0.25) is 9.59 Å². The fourth-order valence-electron chi connectivity index (χ4n) is 4.96. The van der Waals surface area contributed by atoms with Crippen LogP contribution in [0.3, 0.4) is 0 Å². The summed E-state index contributed by atoms with van der Waals surface area (Å²) in [7, 11) is 1.49. The van der Waals surface area contributed by atoms with Gasteiger partial charge in [0.2, 0.25) is 5.91 Å². The van der Waals surface area contributed by atoms with E-state index in [4.69, 9.17) is 31.8 Å². The van der Waals surface area contributed by atoms with Crippen LogP contribution in [0.25, 0.3) is 22.2 Å². The Labute approximate surface area is 246 Å². The predicted molar refractivity (Wildman–Crippen MR) is 156 cm³/mol. The molecule has 5 rings (SSSR count). The number of nitrogens with zero attached hydrogens (tertiary/aromatic N) is 2. The van der Waals surface area contributed by atoms with E-state index in [2.05, 4.69) is 10.3 Å². The van der Waals surface area contributed by atoms with Crippen LogP contribution in [0.15, 0.2) is 48.5 Å². The molecule has 1 unspecified atom stereocenters. The molecule has 4 N–H and O–H groups in total. The average Bonchev–Trinajstić information content (AvgIpc) is 3.33. The first-order chi connectivity index (χ1) is 19.9. The van der Waals surface area contributed by atoms with Gasteiger partial charge in [-0.05, 0) is 68.8 Å². The Balaban J connectivity index is 1.52. The molecule has 2 aromatic heterocycles. The van der Waals surface area contributed by atoms with E-state index >= 15 is 0 Å². The number of benzene rings is 2. The van der Waals surface area contributed by atoms with Gasteiger partial charge in [0.05, 0.1) is 30.1 Å². The molecule has 3 heterocycles. The molecule has 218 valence electrons. The summed E-state index contributed by atoms with van der Waals surface area (Å²) >= 11 is 6.27. The number of nitrogens with one attached hydrogen (secondary N) is 1. The number of carbonyl (C=O) groups excluding carboxylic acids is 2. The van der Waals surface area contributed by atoms with E-state index in [1.54, 1.807) is 45.0 Å². The Bertz CT molecular complexity index is 1730. The molecule has 0 aliphatic carbocycles. The number of aryl methyl sites for hydroxylation is 1. The Morgan fingerprint density at radius 3 is 2.57 bits per heavy atom. The minimum Gasteiger partial charge on any atom is -0.494 e. The number of halogens is 2. The van der Waals surface area contributed by atoms with Gasteiger partial charge in [0.15, 0.2) is 0 Å². The standard InChI is InChI=1S/C31H30ClFN4O5/c1-5-31(40,14-35-28(38)19-10-18-11-22(32)16(2)36-25(18)23(12-19)41-4)24-13-21-27(42-15-30(21,3)29(34)39)26(37-24)17-6-8-20(33)9-7-17/h6-13,40H,5,14-15H2,1-4H3,(H2,34,39)(H,35,38)/t30-,31?/m0/s1. The number of ether oxygens (including phenoxy) is 2. The molecule has 0 saturated heterocycles. The summed E-state index contributed by atoms with van der Waals surface area (Å²) in [6, 6.07) is 12.2. The summed E-state index contributed by atoms with van der Waals surface area (Å²) in [5, 5.41) is 15.7. The third-order valence-corrected chi connectivity index (χ3v) is 8.21. The third kappa shape index (κ3) is 5.01. The molecule has 11 heteroatoms. The molecule has 42 heavy (non-hydrogen) atoms. The van der Waals surface area contributed by atoms with Crippen molar-refractivity contribution < 1.29 is 28.6 Å². The highest BCUT2D eigenvalue weighted by atomic mass is 35.5. The van der Waals surface area contributed by atoms with Gasteiger partial charge < -0.3 is 25.6 Å². The zero-order chi connectivity index (χ0) is 30.4. The lowest BCUT2D eigenvalue weighted by molar-refractivity contribution is -0.123. The lowest BCUT2D eigenvalue weighted by Crippen LogP contribution is -2.42. The molecule has 0 fully saturated rings. The van der Waals surface area contributed by atoms with E-state index in [-0.39, 0.29) is 30.8 Å². The van der Waals surface area contributed by atoms with E-state index in [1.165, 1.54) is 31.4 Å². The van der Waals surface area contributed by atoms with Crippen LogP contribution in [0.1, 0.15) is 47.6 Å². The van der Waals surface area contributed by atoms with Gasteiger partial charge in [-0.2, -0.15) is 0 Å². The van der Waals surface area contributed by atoms with Crippen molar-refractivity contribution in [2.45, 2.75) is 38.2 Å². The van der Waals surface area contributed by atoms with Crippen molar-refractivity contribution in [3.8, 4) is 22.8 Å². The number of fused-ring (bicyclic) bond motifs is 2. The molecule has 0 saturated carbocycles. The van der Waals surface area contributed by atoms with Gasteiger partial charge in [-0.1, -0.05) is 18.5 Å². The average molecular weight is 593 g/mol. The maximum Gasteiger partial charge on any atom is 0.251 e. The number of rotatable bonds is 8. The van der Waals surface area contributed by atoms with Crippen LogP contribution in [0.2, 0.25) is 5.02 Å². The van der Waals surface area contributed by atoms with E-state index < -0.39 is 28.6 Å². The van der Waals surface area contributed by atoms with E-state index in [0.717, 1.165) is 0 Å². The Morgan fingerprint density at radius 2 is 1.93 bits per heavy atom. The zero-order valence-corrected chi connectivity index (χ0v) is 24.3. The lowest BCUT2D eigenvalue weighted by Gasteiger charge is -2.29. The number of methoxy groups -OCH3 is 1. The van der Waals surface area contributed by atoms with Crippen LogP contribution in [-0.2, 0) is 15.8 Å². The quantitative estimate of drug-likeness (QED) is 0.273. The fraction of sp³-hybridized carbons (Fsp3) is 0.290. The number of hydrogen-bond acceptors (Lipinski definition) is 7. The maximum absolute atomic E-state index is 13.7. The smallest absolute Gasteiger partial charge is 0.251 e. The van der Waals surface area contributed by atoms with Crippen molar-refractivity contribution >= 4 is 34.3 Å². The molecule has 1 aliphatic heterocycles. The molecular weight excluding hydrogens is 563 g/mol. The Kier molecular flexibility index (Phi) is 7.55. The van der Waals surface area contributed by atoms with Crippen molar-refractivity contribution in [1.29, 1.82) is 0 Å². The van der Waals surface area contributed by atoms with Crippen LogP contribution in [0, 0.1) is 12.7 Å². The molecular formula is C31H30ClFN4O5. The van der Waals surface area contributed by atoms with Gasteiger partial charge >= 0.3 is 0 Å². The molecule has 0 bridgehead atoms. The fourth-order valence-corrected chi connectivity index (χ4v) is 5.12. The van der Waals surface area contributed by atoms with E-state index in [1.807, 2.05) is 0 Å². The summed E-state index contributed by atoms with van der Waals surface area (Å²) < 4.78 is 25.1. The van der Waals surface area contributed by atoms with Gasteiger partial charge in [0.25, 0.3) is 5.91 Å². The van der Waals surface area contributed by atoms with Gasteiger partial charge in [-0.25, -0.2) is 14.4 Å². The lowest BCUT2D eigenvalue weighted by atomic mass is 9.81. The van der Waals surface area contributed by atoms with Crippen LogP contribution in [0.5, 0.6) is 11.5 Å². The van der Waals surface area contributed by atoms with Crippen molar-refractivity contribution in [2.24, 2.45) is 5.73 Å². The van der Waals surface area contributed by atoms with Crippen molar-refractivity contribution in [2.75, 3.05) is 20.3 Å². The molecule has 1 aliphatic rings. The molecule has 0 radical (unpaired) electrons. The molecule has 9 nitrogen and oxygen atoms in total. The first-order valence-electron chi connectivity index (χ1n) is 13.3. The van der Waals surface area contributed by atoms with Gasteiger partial charge in [0.1, 0.15) is 46.1 Å². The Hall–Kier alpha value is -4.28. The molecule has 2 aromatic carbocycles. The second-order valence-electron chi connectivity index (χ2n) is 10.6. The van der Waals surface area contributed by atoms with Crippen LogP contribution in [-0.4, -0.2) is 47.2 Å². The van der Waals surface area contributed by atoms with Gasteiger partial charge in [-0.15, -0.1) is 0 Å². The van der Waals surface area contributed by atoms with E-state index in [0.29, 0.717) is 49.9 Å². The van der Waals surface area contributed by atoms with Crippen LogP contribution in [0.4, 0.5) is 4.39 Å². The predicted octanol–water partition coefficient (Wildman–Crippen LogP) is 4.57. The number of primary amides is 1. The molecule has 2 atom stereocenters. The monoisotopic (exact) mass is 592 g/mol. The SMILES string of the molecule is CCC(O)(CNC(=O)c1cc(OC)c2nc(C)c(Cl)cc2c1)c1cc2c(c(-c3ccc(F)cc3)n1)OC[C@]2(C)C(N)=O. The second kappa shape index (κ2) is 10.8. The second-order valence-corrected chi connectivity index (χ2v) is 11.0. The number of aromatic nitrogens is 2. The summed E-state index contributed by atoms with van der Waals surface area (Å²) in [6.45, 7) is 4.96. The normalized spacial score (nSPS) is 17.3. The summed E-state index contributed by atoms with van der Waals surface area (Å²) in [4.78, 5) is 35.0. The zero-order valence-electron chi connectivity index (χ0n) is 23.5. The topological polar surface area (TPSA) is 137 Å². The summed E-state index contributed by atoms with van der Waals surface area (Å²) in [5.74, 6) is -0.769. The van der Waals surface area contributed by atoms with E-state index in [9.17, 15) is 19.1 Å². The third-order valence-electron chi connectivity index (χ3n) is 7.83. The number of carbonyl (C=O) groups is 2. The van der Waals surface area contributed by atoms with Crippen molar-refractivity contribution in [3.63, 3.8) is 0 Å². The number of aliphatic hydroxyl groups is 1. The minimum atomic E-state index is -1.65. The summed E-state index contributed by atoms with van der Waals surface area (Å²) in [6.07, 6.45) is 0.163. The number of nitrogens with two attached hydrogens (primary N) is 1. The van der Waals surface area contributed by atoms with Crippen molar-refractivity contribution in [1.82, 2.24) is 15.3 Å².